The molecular formula is C26H24F8N5O2P. The molecule has 2 amide bonds. The summed E-state index contributed by atoms with van der Waals surface area (Å²) in [5.41, 5.74) is -3.23. The average Bonchev–Trinajstić information content (AvgIpc) is 2.92. The molecule has 7 nitrogen and oxygen atoms in total. The molecule has 1 aliphatic heterocycles. The van der Waals surface area contributed by atoms with E-state index in [0.29, 0.717) is 11.9 Å². The van der Waals surface area contributed by atoms with E-state index < -0.39 is 65.0 Å². The molecule has 226 valence electrons. The lowest BCUT2D eigenvalue weighted by Crippen LogP contribution is -2.41. The van der Waals surface area contributed by atoms with Crippen LogP contribution in [0.1, 0.15) is 47.1 Å². The molecular weight excluding hydrogens is 597 g/mol. The number of carbonyl (C=O) groups is 1. The number of para-hydroxylation sites is 1. The molecule has 3 aromatic rings. The number of ether oxygens (including phenoxy) is 1. The van der Waals surface area contributed by atoms with E-state index in [0.717, 1.165) is 30.3 Å². The van der Waals surface area contributed by atoms with E-state index in [2.05, 4.69) is 15.0 Å². The van der Waals surface area contributed by atoms with Crippen molar-refractivity contribution in [2.75, 3.05) is 25.0 Å². The Morgan fingerprint density at radius 1 is 1.00 bits per heavy atom. The number of likely N-dealkylation sites (tertiary alicyclic amines) is 1. The van der Waals surface area contributed by atoms with Crippen LogP contribution in [0.3, 0.4) is 0 Å². The Labute approximate surface area is 236 Å². The molecule has 0 spiro atoms. The van der Waals surface area contributed by atoms with Crippen LogP contribution in [-0.2, 0) is 17.8 Å². The second-order valence-electron chi connectivity index (χ2n) is 9.58. The standard InChI is InChI=1S/C26H24F8N5O2P/c1-14-35-12-17(24(28,42)13-41-20-7-3-6-19(37-20)26(32,33)34)21(36-14)15-8-10-39(11-9-15)23(40)38-22-16(25(29,30)31)4-2-5-18(22)27/h2-7,12,15H,8-11,13,42H2,1H3,(H,38,40). The summed E-state index contributed by atoms with van der Waals surface area (Å²) in [4.78, 5) is 25.7. The molecule has 1 saturated heterocycles. The maximum Gasteiger partial charge on any atom is 0.433 e. The van der Waals surface area contributed by atoms with Crippen LogP contribution >= 0.6 is 9.24 Å². The summed E-state index contributed by atoms with van der Waals surface area (Å²) in [5, 5.41) is -0.331. The van der Waals surface area contributed by atoms with Crippen LogP contribution in [0.4, 0.5) is 45.6 Å². The normalized spacial score (nSPS) is 16.2. The fourth-order valence-corrected chi connectivity index (χ4v) is 4.76. The van der Waals surface area contributed by atoms with Gasteiger partial charge in [-0.05, 0) is 38.0 Å². The number of hydrogen-bond donors (Lipinski definition) is 1. The first-order valence-corrected chi connectivity index (χ1v) is 13.0. The van der Waals surface area contributed by atoms with Gasteiger partial charge in [-0.1, -0.05) is 21.4 Å². The Morgan fingerprint density at radius 2 is 1.67 bits per heavy atom. The fraction of sp³-hybridized carbons (Fsp3) is 0.385. The zero-order chi connectivity index (χ0) is 30.9. The summed E-state index contributed by atoms with van der Waals surface area (Å²) >= 11 is 0. The summed E-state index contributed by atoms with van der Waals surface area (Å²) in [6.07, 6.45) is -7.90. The first-order valence-electron chi connectivity index (χ1n) is 12.5. The smallest absolute Gasteiger partial charge is 0.433 e. The number of amides is 2. The molecule has 2 unspecified atom stereocenters. The molecule has 4 rings (SSSR count). The molecule has 0 radical (unpaired) electrons. The average molecular weight is 621 g/mol. The molecule has 1 aliphatic rings. The highest BCUT2D eigenvalue weighted by atomic mass is 31.0. The summed E-state index contributed by atoms with van der Waals surface area (Å²) in [6.45, 7) is 0.913. The van der Waals surface area contributed by atoms with E-state index in [1.54, 1.807) is 6.92 Å². The largest absolute Gasteiger partial charge is 0.473 e. The van der Waals surface area contributed by atoms with Crippen LogP contribution in [-0.4, -0.2) is 45.6 Å². The van der Waals surface area contributed by atoms with E-state index in [9.17, 15) is 35.5 Å². The van der Waals surface area contributed by atoms with Gasteiger partial charge in [0.1, 0.15) is 23.9 Å². The summed E-state index contributed by atoms with van der Waals surface area (Å²) in [7, 11) is 1.94. The number of urea groups is 1. The van der Waals surface area contributed by atoms with Crippen molar-refractivity contribution < 1.29 is 44.7 Å². The Morgan fingerprint density at radius 3 is 2.31 bits per heavy atom. The molecule has 0 aliphatic carbocycles. The Kier molecular flexibility index (Phi) is 8.91. The van der Waals surface area contributed by atoms with Gasteiger partial charge in [-0.25, -0.2) is 28.5 Å². The number of benzene rings is 1. The molecule has 1 fully saturated rings. The molecule has 1 N–H and O–H groups in total. The number of carbonyl (C=O) groups excluding carboxylic acids is 1. The van der Waals surface area contributed by atoms with Gasteiger partial charge < -0.3 is 15.0 Å². The minimum Gasteiger partial charge on any atom is -0.473 e. The highest BCUT2D eigenvalue weighted by Crippen LogP contribution is 2.41. The van der Waals surface area contributed by atoms with E-state index in [-0.39, 0.29) is 37.2 Å². The van der Waals surface area contributed by atoms with Gasteiger partial charge >= 0.3 is 18.4 Å². The van der Waals surface area contributed by atoms with Gasteiger partial charge in [0.15, 0.2) is 5.41 Å². The number of pyridine rings is 1. The topological polar surface area (TPSA) is 80.2 Å². The Hall–Kier alpha value is -3.61. The van der Waals surface area contributed by atoms with Crippen molar-refractivity contribution in [2.24, 2.45) is 0 Å². The van der Waals surface area contributed by atoms with Crippen LogP contribution in [0.15, 0.2) is 42.6 Å². The lowest BCUT2D eigenvalue weighted by Gasteiger charge is -2.34. The maximum absolute atomic E-state index is 15.9. The van der Waals surface area contributed by atoms with Crippen molar-refractivity contribution in [1.82, 2.24) is 19.9 Å². The second kappa shape index (κ2) is 11.9. The van der Waals surface area contributed by atoms with Gasteiger partial charge in [-0.15, -0.1) is 0 Å². The molecule has 16 heteroatoms. The minimum absolute atomic E-state index is 0.00541. The number of aromatic nitrogens is 3. The number of nitrogens with zero attached hydrogens (tertiary/aromatic N) is 4. The predicted octanol–water partition coefficient (Wildman–Crippen LogP) is 6.84. The third-order valence-electron chi connectivity index (χ3n) is 6.55. The molecule has 2 atom stereocenters. The molecule has 3 heterocycles. The number of piperidine rings is 1. The van der Waals surface area contributed by atoms with Crippen LogP contribution in [0.5, 0.6) is 5.88 Å². The monoisotopic (exact) mass is 621 g/mol. The number of hydrogen-bond acceptors (Lipinski definition) is 5. The molecule has 1 aromatic carbocycles. The first kappa shape index (κ1) is 31.3. The van der Waals surface area contributed by atoms with E-state index in [1.165, 1.54) is 11.1 Å². The van der Waals surface area contributed by atoms with Gasteiger partial charge in [0.05, 0.1) is 16.9 Å². The first-order chi connectivity index (χ1) is 19.6. The van der Waals surface area contributed by atoms with Gasteiger partial charge in [-0.3, -0.25) is 0 Å². The summed E-state index contributed by atoms with van der Waals surface area (Å²) in [5.74, 6) is -1.77. The van der Waals surface area contributed by atoms with Crippen molar-refractivity contribution >= 4 is 21.0 Å². The number of anilines is 1. The summed E-state index contributed by atoms with van der Waals surface area (Å²) < 4.78 is 114. The SMILES string of the molecule is Cc1ncc(C(F)(P)COc2cccc(C(F)(F)F)n2)c(C2CCN(C(=O)Nc3c(F)cccc3C(F)(F)F)CC2)n1. The Bertz CT molecular complexity index is 1440. The number of aryl methyl sites for hydroxylation is 1. The van der Waals surface area contributed by atoms with Crippen LogP contribution in [0, 0.1) is 12.7 Å². The number of halogens is 8. The Balaban J connectivity index is 1.46. The van der Waals surface area contributed by atoms with Gasteiger partial charge in [0, 0.05) is 36.8 Å². The second-order valence-corrected chi connectivity index (χ2v) is 10.5. The van der Waals surface area contributed by atoms with Gasteiger partial charge in [0.25, 0.3) is 0 Å². The van der Waals surface area contributed by atoms with Gasteiger partial charge in [0.2, 0.25) is 5.88 Å². The molecule has 2 aromatic heterocycles. The quantitative estimate of drug-likeness (QED) is 0.241. The van der Waals surface area contributed by atoms with Crippen molar-refractivity contribution in [1.29, 1.82) is 0 Å². The molecule has 0 saturated carbocycles. The van der Waals surface area contributed by atoms with Crippen molar-refractivity contribution in [3.05, 3.63) is 76.8 Å². The lowest BCUT2D eigenvalue weighted by molar-refractivity contribution is -0.141. The van der Waals surface area contributed by atoms with Crippen LogP contribution < -0.4 is 10.1 Å². The van der Waals surface area contributed by atoms with Crippen molar-refractivity contribution in [3.63, 3.8) is 0 Å². The van der Waals surface area contributed by atoms with Crippen LogP contribution in [0.25, 0.3) is 0 Å². The lowest BCUT2D eigenvalue weighted by atomic mass is 9.89. The highest BCUT2D eigenvalue weighted by Gasteiger charge is 2.38. The van der Waals surface area contributed by atoms with E-state index >= 15 is 4.39 Å². The molecule has 0 bridgehead atoms. The summed E-state index contributed by atoms with van der Waals surface area (Å²) in [6, 6.07) is 4.39. The number of rotatable bonds is 6. The maximum atomic E-state index is 15.9. The third-order valence-corrected chi connectivity index (χ3v) is 7.03. The van der Waals surface area contributed by atoms with E-state index in [1.807, 2.05) is 14.6 Å². The van der Waals surface area contributed by atoms with Crippen molar-refractivity contribution in [2.45, 2.75) is 43.4 Å². The minimum atomic E-state index is -4.89. The zero-order valence-electron chi connectivity index (χ0n) is 21.9. The zero-order valence-corrected chi connectivity index (χ0v) is 23.0. The van der Waals surface area contributed by atoms with E-state index in [4.69, 9.17) is 4.74 Å². The third kappa shape index (κ3) is 7.23. The highest BCUT2D eigenvalue weighted by molar-refractivity contribution is 7.18. The van der Waals surface area contributed by atoms with Crippen LogP contribution in [0.2, 0.25) is 0 Å². The fourth-order valence-electron chi connectivity index (χ4n) is 4.46. The van der Waals surface area contributed by atoms with Crippen molar-refractivity contribution in [3.8, 4) is 5.88 Å². The number of alkyl halides is 7. The predicted molar refractivity (Wildman–Crippen MR) is 138 cm³/mol. The molecule has 42 heavy (non-hydrogen) atoms. The number of nitrogens with one attached hydrogen (secondary N) is 1. The van der Waals surface area contributed by atoms with Gasteiger partial charge in [-0.2, -0.15) is 26.3 Å².